The summed E-state index contributed by atoms with van der Waals surface area (Å²) in [6.07, 6.45) is 3.61. The standard InChI is InChI=1S/C14H24N2O2/c1-4-11-5-7-16(12(9-11)13(17)18)8-6-14(2,3)10-15/h11-12H,4-9H2,1-3H3,(H,17,18). The molecule has 1 fully saturated rings. The summed E-state index contributed by atoms with van der Waals surface area (Å²) >= 11 is 0. The van der Waals surface area contributed by atoms with E-state index in [-0.39, 0.29) is 11.5 Å². The third-order valence-electron chi connectivity index (χ3n) is 4.01. The zero-order valence-corrected chi connectivity index (χ0v) is 11.6. The Morgan fingerprint density at radius 3 is 2.72 bits per heavy atom. The number of carbonyl (C=O) groups is 1. The van der Waals surface area contributed by atoms with Crippen LogP contribution in [-0.2, 0) is 4.79 Å². The molecule has 1 aliphatic heterocycles. The van der Waals surface area contributed by atoms with Crippen molar-refractivity contribution in [3.05, 3.63) is 0 Å². The largest absolute Gasteiger partial charge is 0.480 e. The van der Waals surface area contributed by atoms with Crippen molar-refractivity contribution in [1.29, 1.82) is 5.26 Å². The molecule has 102 valence electrons. The smallest absolute Gasteiger partial charge is 0.320 e. The van der Waals surface area contributed by atoms with E-state index >= 15 is 0 Å². The molecule has 0 saturated carbocycles. The monoisotopic (exact) mass is 252 g/mol. The van der Waals surface area contributed by atoms with Gasteiger partial charge in [-0.3, -0.25) is 9.69 Å². The van der Waals surface area contributed by atoms with Gasteiger partial charge in [0.05, 0.1) is 11.5 Å². The van der Waals surface area contributed by atoms with Crippen LogP contribution in [-0.4, -0.2) is 35.1 Å². The van der Waals surface area contributed by atoms with E-state index < -0.39 is 5.97 Å². The molecule has 1 rings (SSSR count). The van der Waals surface area contributed by atoms with E-state index in [9.17, 15) is 9.90 Å². The number of nitriles is 1. The van der Waals surface area contributed by atoms with Gasteiger partial charge < -0.3 is 5.11 Å². The fourth-order valence-corrected chi connectivity index (χ4v) is 2.46. The summed E-state index contributed by atoms with van der Waals surface area (Å²) < 4.78 is 0. The number of carboxylic acid groups (broad SMARTS) is 1. The summed E-state index contributed by atoms with van der Waals surface area (Å²) in [5.74, 6) is -0.186. The van der Waals surface area contributed by atoms with Crippen LogP contribution < -0.4 is 0 Å². The van der Waals surface area contributed by atoms with Gasteiger partial charge >= 0.3 is 5.97 Å². The minimum atomic E-state index is -0.720. The molecular formula is C14H24N2O2. The number of nitrogens with zero attached hydrogens (tertiary/aromatic N) is 2. The number of carboxylic acids is 1. The van der Waals surface area contributed by atoms with Crippen LogP contribution in [0.1, 0.15) is 46.5 Å². The van der Waals surface area contributed by atoms with Gasteiger partial charge in [0, 0.05) is 6.54 Å². The molecule has 4 heteroatoms. The van der Waals surface area contributed by atoms with Gasteiger partial charge in [-0.2, -0.15) is 5.26 Å². The summed E-state index contributed by atoms with van der Waals surface area (Å²) in [7, 11) is 0. The Labute approximate surface area is 110 Å². The Hall–Kier alpha value is -1.08. The van der Waals surface area contributed by atoms with Crippen LogP contribution in [0, 0.1) is 22.7 Å². The van der Waals surface area contributed by atoms with E-state index in [4.69, 9.17) is 5.26 Å². The molecule has 0 aliphatic carbocycles. The Balaban J connectivity index is 2.59. The van der Waals surface area contributed by atoms with Gasteiger partial charge in [0.15, 0.2) is 0 Å². The van der Waals surface area contributed by atoms with E-state index in [0.717, 1.165) is 32.2 Å². The summed E-state index contributed by atoms with van der Waals surface area (Å²) in [6, 6.07) is 1.91. The third kappa shape index (κ3) is 3.99. The predicted molar refractivity (Wildman–Crippen MR) is 70.0 cm³/mol. The van der Waals surface area contributed by atoms with E-state index in [2.05, 4.69) is 13.0 Å². The second kappa shape index (κ2) is 6.19. The first-order chi connectivity index (χ1) is 8.39. The van der Waals surface area contributed by atoms with E-state index in [1.807, 2.05) is 18.7 Å². The zero-order chi connectivity index (χ0) is 13.8. The van der Waals surface area contributed by atoms with Gasteiger partial charge in [-0.05, 0) is 45.6 Å². The highest BCUT2D eigenvalue weighted by Gasteiger charge is 2.33. The van der Waals surface area contributed by atoms with Gasteiger partial charge in [0.2, 0.25) is 0 Å². The molecule has 1 N–H and O–H groups in total. The number of aliphatic carboxylic acids is 1. The van der Waals surface area contributed by atoms with E-state index in [0.29, 0.717) is 12.5 Å². The fraction of sp³-hybridized carbons (Fsp3) is 0.857. The molecule has 1 aliphatic rings. The second-order valence-corrected chi connectivity index (χ2v) is 5.93. The highest BCUT2D eigenvalue weighted by molar-refractivity contribution is 5.73. The first kappa shape index (κ1) is 15.0. The first-order valence-electron chi connectivity index (χ1n) is 6.77. The lowest BCUT2D eigenvalue weighted by atomic mass is 9.87. The lowest BCUT2D eigenvalue weighted by molar-refractivity contribution is -0.145. The van der Waals surface area contributed by atoms with Crippen LogP contribution in [0.2, 0.25) is 0 Å². The lowest BCUT2D eigenvalue weighted by Gasteiger charge is -2.37. The average Bonchev–Trinajstić information content (AvgIpc) is 2.36. The van der Waals surface area contributed by atoms with Crippen LogP contribution in [0.3, 0.4) is 0 Å². The second-order valence-electron chi connectivity index (χ2n) is 5.93. The first-order valence-corrected chi connectivity index (χ1v) is 6.77. The number of rotatable bonds is 5. The number of hydrogen-bond acceptors (Lipinski definition) is 3. The third-order valence-corrected chi connectivity index (χ3v) is 4.01. The van der Waals surface area contributed by atoms with Crippen molar-refractivity contribution < 1.29 is 9.90 Å². The minimum absolute atomic E-state index is 0.363. The molecule has 0 radical (unpaired) electrons. The molecule has 2 atom stereocenters. The highest BCUT2D eigenvalue weighted by atomic mass is 16.4. The molecular weight excluding hydrogens is 228 g/mol. The molecule has 0 aromatic carbocycles. The van der Waals surface area contributed by atoms with Crippen molar-refractivity contribution in [3.8, 4) is 6.07 Å². The average molecular weight is 252 g/mol. The van der Waals surface area contributed by atoms with E-state index in [1.165, 1.54) is 0 Å². The van der Waals surface area contributed by atoms with Gasteiger partial charge in [-0.25, -0.2) is 0 Å². The Morgan fingerprint density at radius 2 is 2.22 bits per heavy atom. The molecule has 2 unspecified atom stereocenters. The van der Waals surface area contributed by atoms with Crippen LogP contribution in [0.4, 0.5) is 0 Å². The number of likely N-dealkylation sites (tertiary alicyclic amines) is 1. The fourth-order valence-electron chi connectivity index (χ4n) is 2.46. The van der Waals surface area contributed by atoms with Crippen molar-refractivity contribution in [2.75, 3.05) is 13.1 Å². The van der Waals surface area contributed by atoms with Crippen molar-refractivity contribution >= 4 is 5.97 Å². The Morgan fingerprint density at radius 1 is 1.56 bits per heavy atom. The molecule has 0 amide bonds. The van der Waals surface area contributed by atoms with Crippen molar-refractivity contribution in [3.63, 3.8) is 0 Å². The highest BCUT2D eigenvalue weighted by Crippen LogP contribution is 2.27. The summed E-state index contributed by atoms with van der Waals surface area (Å²) in [5.41, 5.74) is -0.370. The van der Waals surface area contributed by atoms with Gasteiger partial charge in [-0.15, -0.1) is 0 Å². The minimum Gasteiger partial charge on any atom is -0.480 e. The van der Waals surface area contributed by atoms with Crippen molar-refractivity contribution in [1.82, 2.24) is 4.90 Å². The van der Waals surface area contributed by atoms with Gasteiger partial charge in [0.1, 0.15) is 6.04 Å². The maximum atomic E-state index is 11.3. The summed E-state index contributed by atoms with van der Waals surface area (Å²) in [5, 5.41) is 18.3. The molecule has 0 aromatic rings. The van der Waals surface area contributed by atoms with Crippen LogP contribution in [0.25, 0.3) is 0 Å². The molecule has 4 nitrogen and oxygen atoms in total. The lowest BCUT2D eigenvalue weighted by Crippen LogP contribution is -2.48. The molecule has 1 saturated heterocycles. The summed E-state index contributed by atoms with van der Waals surface area (Å²) in [4.78, 5) is 13.3. The van der Waals surface area contributed by atoms with Crippen molar-refractivity contribution in [2.45, 2.75) is 52.5 Å². The predicted octanol–water partition coefficient (Wildman–Crippen LogP) is 2.50. The molecule has 18 heavy (non-hydrogen) atoms. The van der Waals surface area contributed by atoms with Gasteiger partial charge in [-0.1, -0.05) is 13.3 Å². The molecule has 0 spiro atoms. The molecule has 0 aromatic heterocycles. The molecule has 0 bridgehead atoms. The molecule has 1 heterocycles. The van der Waals surface area contributed by atoms with Crippen molar-refractivity contribution in [2.24, 2.45) is 11.3 Å². The zero-order valence-electron chi connectivity index (χ0n) is 11.6. The maximum absolute atomic E-state index is 11.3. The van der Waals surface area contributed by atoms with E-state index in [1.54, 1.807) is 0 Å². The topological polar surface area (TPSA) is 64.3 Å². The number of piperidine rings is 1. The van der Waals surface area contributed by atoms with Crippen LogP contribution in [0.15, 0.2) is 0 Å². The summed E-state index contributed by atoms with van der Waals surface area (Å²) in [6.45, 7) is 7.48. The van der Waals surface area contributed by atoms with Crippen LogP contribution >= 0.6 is 0 Å². The SMILES string of the molecule is CCC1CCN(CCC(C)(C)C#N)C(C(=O)O)C1. The quantitative estimate of drug-likeness (QED) is 0.816. The van der Waals surface area contributed by atoms with Gasteiger partial charge in [0.25, 0.3) is 0 Å². The number of hydrogen-bond donors (Lipinski definition) is 1. The van der Waals surface area contributed by atoms with Crippen LogP contribution in [0.5, 0.6) is 0 Å². The Kier molecular flexibility index (Phi) is 5.15. The maximum Gasteiger partial charge on any atom is 0.320 e. The Bertz CT molecular complexity index is 333. The normalized spacial score (nSPS) is 25.7.